The third-order valence-corrected chi connectivity index (χ3v) is 5.80. The minimum Gasteiger partial charge on any atom is -0.355 e. The molecule has 2 rings (SSSR count). The maximum atomic E-state index is 12.6. The summed E-state index contributed by atoms with van der Waals surface area (Å²) in [4.78, 5) is 27.4. The van der Waals surface area contributed by atoms with Crippen LogP contribution in [-0.4, -0.2) is 48.1 Å². The van der Waals surface area contributed by atoms with E-state index in [1.165, 1.54) is 0 Å². The first-order chi connectivity index (χ1) is 15.7. The molecule has 0 saturated carbocycles. The summed E-state index contributed by atoms with van der Waals surface area (Å²) < 4.78 is 0. The molecule has 0 radical (unpaired) electrons. The second-order valence-electron chi connectivity index (χ2n) is 9.37. The summed E-state index contributed by atoms with van der Waals surface area (Å²) in [5, 5.41) is 8.83. The third kappa shape index (κ3) is 8.89. The van der Waals surface area contributed by atoms with Crippen LogP contribution in [0.15, 0.2) is 54.6 Å². The highest BCUT2D eigenvalue weighted by molar-refractivity contribution is 5.90. The largest absolute Gasteiger partial charge is 0.355 e. The summed E-state index contributed by atoms with van der Waals surface area (Å²) in [6.07, 6.45) is 0.251. The standard InChI is InChI=1S/C27H40N4O2/c1-19(2)25(18-26(32)28-16-17-31(20(3)4)21(5)6)30-27(33)29-24-14-12-23(13-15-24)22-10-8-7-9-11-22/h7-15,19-21,25H,16-18H2,1-6H3,(H,28,32)(H2,29,30,33)/t25-/m1/s1. The van der Waals surface area contributed by atoms with Crippen molar-refractivity contribution in [1.82, 2.24) is 15.5 Å². The van der Waals surface area contributed by atoms with E-state index in [9.17, 15) is 9.59 Å². The summed E-state index contributed by atoms with van der Waals surface area (Å²) in [5.74, 6) is 0.0819. The van der Waals surface area contributed by atoms with Crippen LogP contribution in [0.1, 0.15) is 48.0 Å². The molecule has 0 saturated heterocycles. The Hall–Kier alpha value is -2.86. The highest BCUT2D eigenvalue weighted by atomic mass is 16.2. The molecule has 6 heteroatoms. The number of carbonyl (C=O) groups is 2. The minimum atomic E-state index is -0.306. The first kappa shape index (κ1) is 26.4. The molecular weight excluding hydrogens is 412 g/mol. The number of hydrogen-bond acceptors (Lipinski definition) is 3. The Bertz CT molecular complexity index is 855. The Kier molecular flexibility index (Phi) is 10.4. The Balaban J connectivity index is 1.84. The lowest BCUT2D eigenvalue weighted by Crippen LogP contribution is -2.46. The van der Waals surface area contributed by atoms with Crippen molar-refractivity contribution in [1.29, 1.82) is 0 Å². The van der Waals surface area contributed by atoms with Gasteiger partial charge in [0.2, 0.25) is 5.91 Å². The van der Waals surface area contributed by atoms with E-state index >= 15 is 0 Å². The van der Waals surface area contributed by atoms with Crippen molar-refractivity contribution in [3.63, 3.8) is 0 Å². The molecule has 0 heterocycles. The number of urea groups is 1. The molecule has 0 aliphatic carbocycles. The topological polar surface area (TPSA) is 73.5 Å². The number of amides is 3. The average Bonchev–Trinajstić information content (AvgIpc) is 2.76. The van der Waals surface area contributed by atoms with E-state index in [4.69, 9.17) is 0 Å². The zero-order chi connectivity index (χ0) is 24.4. The van der Waals surface area contributed by atoms with Crippen molar-refractivity contribution in [2.75, 3.05) is 18.4 Å². The van der Waals surface area contributed by atoms with Gasteiger partial charge in [-0.05, 0) is 56.9 Å². The fourth-order valence-electron chi connectivity index (χ4n) is 3.87. The van der Waals surface area contributed by atoms with Crippen molar-refractivity contribution >= 4 is 17.6 Å². The quantitative estimate of drug-likeness (QED) is 0.443. The highest BCUT2D eigenvalue weighted by Crippen LogP contribution is 2.21. The van der Waals surface area contributed by atoms with Crippen LogP contribution >= 0.6 is 0 Å². The van der Waals surface area contributed by atoms with Crippen LogP contribution in [0.4, 0.5) is 10.5 Å². The molecule has 2 aromatic rings. The SMILES string of the molecule is CC(C)[C@@H](CC(=O)NCCN(C(C)C)C(C)C)NC(=O)Nc1ccc(-c2ccccc2)cc1. The van der Waals surface area contributed by atoms with Gasteiger partial charge in [-0.25, -0.2) is 4.79 Å². The van der Waals surface area contributed by atoms with Gasteiger partial charge in [0.25, 0.3) is 0 Å². The Morgan fingerprint density at radius 2 is 1.39 bits per heavy atom. The van der Waals surface area contributed by atoms with Gasteiger partial charge in [0, 0.05) is 43.3 Å². The Morgan fingerprint density at radius 3 is 1.94 bits per heavy atom. The van der Waals surface area contributed by atoms with E-state index in [2.05, 4.69) is 60.7 Å². The van der Waals surface area contributed by atoms with Gasteiger partial charge in [-0.1, -0.05) is 56.3 Å². The molecule has 0 aliphatic heterocycles. The highest BCUT2D eigenvalue weighted by Gasteiger charge is 2.20. The first-order valence-electron chi connectivity index (χ1n) is 11.9. The van der Waals surface area contributed by atoms with Gasteiger partial charge in [-0.2, -0.15) is 0 Å². The lowest BCUT2D eigenvalue weighted by atomic mass is 10.0. The van der Waals surface area contributed by atoms with Gasteiger partial charge >= 0.3 is 6.03 Å². The lowest BCUT2D eigenvalue weighted by Gasteiger charge is -2.30. The predicted molar refractivity (Wildman–Crippen MR) is 137 cm³/mol. The van der Waals surface area contributed by atoms with Crippen molar-refractivity contribution < 1.29 is 9.59 Å². The van der Waals surface area contributed by atoms with E-state index in [1.54, 1.807) is 0 Å². The summed E-state index contributed by atoms with van der Waals surface area (Å²) >= 11 is 0. The van der Waals surface area contributed by atoms with Crippen LogP contribution in [0, 0.1) is 5.92 Å². The van der Waals surface area contributed by atoms with Gasteiger partial charge in [-0.15, -0.1) is 0 Å². The van der Waals surface area contributed by atoms with E-state index in [-0.39, 0.29) is 30.3 Å². The predicted octanol–water partition coefficient (Wildman–Crippen LogP) is 5.12. The second kappa shape index (κ2) is 13.0. The normalized spacial score (nSPS) is 12.3. The number of nitrogens with zero attached hydrogens (tertiary/aromatic N) is 1. The second-order valence-corrected chi connectivity index (χ2v) is 9.37. The molecule has 180 valence electrons. The molecule has 0 aliphatic rings. The number of benzene rings is 2. The molecular formula is C27H40N4O2. The molecule has 0 aromatic heterocycles. The fourth-order valence-corrected chi connectivity index (χ4v) is 3.87. The number of rotatable bonds is 11. The Labute approximate surface area is 199 Å². The summed E-state index contributed by atoms with van der Waals surface area (Å²) in [7, 11) is 0. The smallest absolute Gasteiger partial charge is 0.319 e. The molecule has 2 aromatic carbocycles. The van der Waals surface area contributed by atoms with E-state index in [0.29, 0.717) is 24.3 Å². The molecule has 0 spiro atoms. The number of hydrogen-bond donors (Lipinski definition) is 3. The maximum absolute atomic E-state index is 12.6. The molecule has 0 fully saturated rings. The van der Waals surface area contributed by atoms with Crippen molar-refractivity contribution in [3.8, 4) is 11.1 Å². The molecule has 33 heavy (non-hydrogen) atoms. The van der Waals surface area contributed by atoms with Gasteiger partial charge in [0.05, 0.1) is 0 Å². The number of nitrogens with one attached hydrogen (secondary N) is 3. The third-order valence-electron chi connectivity index (χ3n) is 5.80. The van der Waals surface area contributed by atoms with Crippen LogP contribution in [0.25, 0.3) is 11.1 Å². The molecule has 0 bridgehead atoms. The maximum Gasteiger partial charge on any atom is 0.319 e. The zero-order valence-corrected chi connectivity index (χ0v) is 20.9. The fraction of sp³-hybridized carbons (Fsp3) is 0.481. The average molecular weight is 453 g/mol. The molecule has 3 N–H and O–H groups in total. The van der Waals surface area contributed by atoms with Gasteiger partial charge in [0.1, 0.15) is 0 Å². The Morgan fingerprint density at radius 1 is 0.818 bits per heavy atom. The lowest BCUT2D eigenvalue weighted by molar-refractivity contribution is -0.121. The zero-order valence-electron chi connectivity index (χ0n) is 20.9. The van der Waals surface area contributed by atoms with Crippen LogP contribution < -0.4 is 16.0 Å². The van der Waals surface area contributed by atoms with Crippen LogP contribution in [-0.2, 0) is 4.79 Å². The van der Waals surface area contributed by atoms with Crippen molar-refractivity contribution in [2.45, 2.75) is 66.1 Å². The summed E-state index contributed by atoms with van der Waals surface area (Å²) in [5.41, 5.74) is 2.93. The van der Waals surface area contributed by atoms with Crippen molar-refractivity contribution in [2.24, 2.45) is 5.92 Å². The van der Waals surface area contributed by atoms with Gasteiger partial charge < -0.3 is 16.0 Å². The van der Waals surface area contributed by atoms with Gasteiger partial charge in [0.15, 0.2) is 0 Å². The van der Waals surface area contributed by atoms with E-state index < -0.39 is 0 Å². The van der Waals surface area contributed by atoms with Crippen LogP contribution in [0.3, 0.4) is 0 Å². The molecule has 3 amide bonds. The number of carbonyl (C=O) groups excluding carboxylic acids is 2. The van der Waals surface area contributed by atoms with Crippen LogP contribution in [0.2, 0.25) is 0 Å². The minimum absolute atomic E-state index is 0.0475. The summed E-state index contributed by atoms with van der Waals surface area (Å²) in [6, 6.07) is 18.1. The summed E-state index contributed by atoms with van der Waals surface area (Å²) in [6.45, 7) is 14.1. The molecule has 1 atom stereocenters. The van der Waals surface area contributed by atoms with E-state index in [1.807, 2.05) is 56.3 Å². The van der Waals surface area contributed by atoms with Crippen molar-refractivity contribution in [3.05, 3.63) is 54.6 Å². The van der Waals surface area contributed by atoms with E-state index in [0.717, 1.165) is 17.7 Å². The monoisotopic (exact) mass is 452 g/mol. The number of anilines is 1. The van der Waals surface area contributed by atoms with Crippen LogP contribution in [0.5, 0.6) is 0 Å². The molecule has 6 nitrogen and oxygen atoms in total. The molecule has 0 unspecified atom stereocenters. The van der Waals surface area contributed by atoms with Gasteiger partial charge in [-0.3, -0.25) is 9.69 Å². The first-order valence-corrected chi connectivity index (χ1v) is 11.9.